The van der Waals surface area contributed by atoms with Crippen molar-refractivity contribution in [2.45, 2.75) is 26.7 Å². The monoisotopic (exact) mass is 314 g/mol. The molecule has 0 fully saturated rings. The third-order valence-electron chi connectivity index (χ3n) is 2.60. The quantitative estimate of drug-likeness (QED) is 0.843. The second-order valence-corrected chi connectivity index (χ2v) is 6.12. The maximum atomic E-state index is 8.59. The van der Waals surface area contributed by atoms with E-state index in [1.54, 1.807) is 0 Å². The van der Waals surface area contributed by atoms with Crippen molar-refractivity contribution in [2.24, 2.45) is 5.41 Å². The highest BCUT2D eigenvalue weighted by Gasteiger charge is 2.17. The maximum absolute atomic E-state index is 8.59. The Labute approximate surface area is 116 Å². The summed E-state index contributed by atoms with van der Waals surface area (Å²) in [5, 5.41) is 12.6. The molecule has 0 unspecified atom stereocenters. The fourth-order valence-electron chi connectivity index (χ4n) is 1.45. The summed E-state index contributed by atoms with van der Waals surface area (Å²) in [7, 11) is 0. The molecule has 0 aliphatic carbocycles. The van der Waals surface area contributed by atoms with Gasteiger partial charge in [-0.15, -0.1) is 0 Å². The fourth-order valence-corrected chi connectivity index (χ4v) is 2.19. The molecule has 0 aromatic heterocycles. The Morgan fingerprint density at radius 3 is 2.76 bits per heavy atom. The van der Waals surface area contributed by atoms with Gasteiger partial charge in [0, 0.05) is 17.4 Å². The first-order chi connectivity index (χ1) is 7.94. The molecule has 0 amide bonds. The van der Waals surface area contributed by atoms with E-state index < -0.39 is 0 Å². The Hall–Kier alpha value is -0.720. The standard InChI is InChI=1S/C13H16BrClN2/c1-13(2,6-3-7-16)9-17-12-5-4-10(14)8-11(12)15/h4-5,8,17H,3,6,9H2,1-2H3. The van der Waals surface area contributed by atoms with Crippen LogP contribution in [-0.4, -0.2) is 6.54 Å². The van der Waals surface area contributed by atoms with Crippen LogP contribution in [0.5, 0.6) is 0 Å². The molecule has 0 aliphatic rings. The van der Waals surface area contributed by atoms with Crippen molar-refractivity contribution < 1.29 is 0 Å². The van der Waals surface area contributed by atoms with Gasteiger partial charge in [-0.1, -0.05) is 41.4 Å². The molecule has 92 valence electrons. The van der Waals surface area contributed by atoms with Gasteiger partial charge in [0.2, 0.25) is 0 Å². The highest BCUT2D eigenvalue weighted by atomic mass is 79.9. The Morgan fingerprint density at radius 1 is 1.47 bits per heavy atom. The molecule has 0 radical (unpaired) electrons. The number of hydrogen-bond donors (Lipinski definition) is 1. The second kappa shape index (κ2) is 6.28. The molecule has 1 aromatic rings. The van der Waals surface area contributed by atoms with Crippen LogP contribution in [0.2, 0.25) is 5.02 Å². The summed E-state index contributed by atoms with van der Waals surface area (Å²) in [4.78, 5) is 0. The van der Waals surface area contributed by atoms with E-state index in [4.69, 9.17) is 16.9 Å². The molecule has 0 bridgehead atoms. The molecule has 0 aliphatic heterocycles. The lowest BCUT2D eigenvalue weighted by Crippen LogP contribution is -2.23. The lowest BCUT2D eigenvalue weighted by atomic mass is 9.88. The minimum atomic E-state index is 0.0894. The second-order valence-electron chi connectivity index (χ2n) is 4.80. The maximum Gasteiger partial charge on any atom is 0.0648 e. The molecule has 0 atom stereocenters. The van der Waals surface area contributed by atoms with Gasteiger partial charge >= 0.3 is 0 Å². The zero-order chi connectivity index (χ0) is 12.9. The third kappa shape index (κ3) is 4.97. The van der Waals surface area contributed by atoms with Crippen LogP contribution in [0.1, 0.15) is 26.7 Å². The van der Waals surface area contributed by atoms with Crippen molar-refractivity contribution in [3.05, 3.63) is 27.7 Å². The summed E-state index contributed by atoms with van der Waals surface area (Å²) in [6.45, 7) is 5.09. The predicted molar refractivity (Wildman–Crippen MR) is 76.3 cm³/mol. The topological polar surface area (TPSA) is 35.8 Å². The SMILES string of the molecule is CC(C)(CCC#N)CNc1ccc(Br)cc1Cl. The van der Waals surface area contributed by atoms with Crippen LogP contribution in [0.15, 0.2) is 22.7 Å². The van der Waals surface area contributed by atoms with E-state index in [0.29, 0.717) is 11.4 Å². The molecule has 4 heteroatoms. The van der Waals surface area contributed by atoms with Crippen LogP contribution in [0, 0.1) is 16.7 Å². The average molecular weight is 316 g/mol. The summed E-state index contributed by atoms with van der Waals surface area (Å²) >= 11 is 9.49. The Bertz CT molecular complexity index is 424. The van der Waals surface area contributed by atoms with Crippen molar-refractivity contribution >= 4 is 33.2 Å². The first kappa shape index (κ1) is 14.3. The van der Waals surface area contributed by atoms with E-state index in [1.165, 1.54) is 0 Å². The minimum Gasteiger partial charge on any atom is -0.383 e. The Balaban J connectivity index is 2.58. The van der Waals surface area contributed by atoms with Gasteiger partial charge in [-0.2, -0.15) is 5.26 Å². The highest BCUT2D eigenvalue weighted by Crippen LogP contribution is 2.28. The van der Waals surface area contributed by atoms with E-state index in [1.807, 2.05) is 18.2 Å². The highest BCUT2D eigenvalue weighted by molar-refractivity contribution is 9.10. The zero-order valence-corrected chi connectivity index (χ0v) is 12.4. The summed E-state index contributed by atoms with van der Waals surface area (Å²) < 4.78 is 0.969. The minimum absolute atomic E-state index is 0.0894. The zero-order valence-electron chi connectivity index (χ0n) is 10.1. The van der Waals surface area contributed by atoms with Gasteiger partial charge in [0.25, 0.3) is 0 Å². The molecule has 1 aromatic carbocycles. The largest absolute Gasteiger partial charge is 0.383 e. The van der Waals surface area contributed by atoms with E-state index >= 15 is 0 Å². The van der Waals surface area contributed by atoms with Crippen molar-refractivity contribution in [3.8, 4) is 6.07 Å². The van der Waals surface area contributed by atoms with Gasteiger partial charge in [-0.25, -0.2) is 0 Å². The number of nitrogens with zero attached hydrogens (tertiary/aromatic N) is 1. The normalized spacial score (nSPS) is 11.0. The third-order valence-corrected chi connectivity index (χ3v) is 3.41. The Kier molecular flexibility index (Phi) is 5.30. The molecule has 1 rings (SSSR count). The van der Waals surface area contributed by atoms with Crippen LogP contribution < -0.4 is 5.32 Å². The van der Waals surface area contributed by atoms with Crippen molar-refractivity contribution in [3.63, 3.8) is 0 Å². The van der Waals surface area contributed by atoms with Gasteiger partial charge in [-0.3, -0.25) is 0 Å². The molecule has 0 saturated carbocycles. The van der Waals surface area contributed by atoms with Gasteiger partial charge in [0.05, 0.1) is 16.8 Å². The number of nitrogens with one attached hydrogen (secondary N) is 1. The van der Waals surface area contributed by atoms with Crippen LogP contribution in [0.25, 0.3) is 0 Å². The number of benzene rings is 1. The van der Waals surface area contributed by atoms with Crippen molar-refractivity contribution in [1.82, 2.24) is 0 Å². The summed E-state index contributed by atoms with van der Waals surface area (Å²) in [6.07, 6.45) is 1.47. The molecule has 1 N–H and O–H groups in total. The van der Waals surface area contributed by atoms with Crippen LogP contribution in [0.3, 0.4) is 0 Å². The average Bonchev–Trinajstić information content (AvgIpc) is 2.25. The molecule has 0 heterocycles. The molecular weight excluding hydrogens is 300 g/mol. The molecule has 17 heavy (non-hydrogen) atoms. The van der Waals surface area contributed by atoms with Crippen molar-refractivity contribution in [1.29, 1.82) is 5.26 Å². The molecule has 0 saturated heterocycles. The van der Waals surface area contributed by atoms with Crippen LogP contribution in [-0.2, 0) is 0 Å². The number of halogens is 2. The first-order valence-electron chi connectivity index (χ1n) is 5.50. The lowest BCUT2D eigenvalue weighted by molar-refractivity contribution is 0.364. The predicted octanol–water partition coefficient (Wildman–Crippen LogP) is 4.84. The van der Waals surface area contributed by atoms with E-state index in [0.717, 1.165) is 23.1 Å². The number of anilines is 1. The van der Waals surface area contributed by atoms with Crippen molar-refractivity contribution in [2.75, 3.05) is 11.9 Å². The molecule has 0 spiro atoms. The van der Waals surface area contributed by atoms with E-state index in [9.17, 15) is 0 Å². The van der Waals surface area contributed by atoms with Crippen LogP contribution >= 0.6 is 27.5 Å². The summed E-state index contributed by atoms with van der Waals surface area (Å²) in [5.74, 6) is 0. The van der Waals surface area contributed by atoms with Gasteiger partial charge < -0.3 is 5.32 Å². The number of nitriles is 1. The number of rotatable bonds is 5. The lowest BCUT2D eigenvalue weighted by Gasteiger charge is -2.24. The van der Waals surface area contributed by atoms with Crippen LogP contribution in [0.4, 0.5) is 5.69 Å². The van der Waals surface area contributed by atoms with Gasteiger partial charge in [0.1, 0.15) is 0 Å². The molecule has 2 nitrogen and oxygen atoms in total. The number of hydrogen-bond acceptors (Lipinski definition) is 2. The first-order valence-corrected chi connectivity index (χ1v) is 6.67. The van der Waals surface area contributed by atoms with E-state index in [2.05, 4.69) is 41.2 Å². The van der Waals surface area contributed by atoms with E-state index in [-0.39, 0.29) is 5.41 Å². The smallest absolute Gasteiger partial charge is 0.0648 e. The fraction of sp³-hybridized carbons (Fsp3) is 0.462. The van der Waals surface area contributed by atoms with Gasteiger partial charge in [0.15, 0.2) is 0 Å². The van der Waals surface area contributed by atoms with Gasteiger partial charge in [-0.05, 0) is 30.0 Å². The summed E-state index contributed by atoms with van der Waals surface area (Å²) in [5.41, 5.74) is 1.02. The molecular formula is C13H16BrClN2. The summed E-state index contributed by atoms with van der Waals surface area (Å²) in [6, 6.07) is 7.95. The Morgan fingerprint density at radius 2 is 2.18 bits per heavy atom.